The molecule has 0 aromatic heterocycles. The van der Waals surface area contributed by atoms with E-state index in [0.29, 0.717) is 5.69 Å². The number of carbonyl (C=O) groups excluding carboxylic acids is 2. The van der Waals surface area contributed by atoms with Crippen molar-refractivity contribution in [1.82, 2.24) is 9.62 Å². The van der Waals surface area contributed by atoms with Gasteiger partial charge in [-0.05, 0) is 49.2 Å². The molecule has 29 heavy (non-hydrogen) atoms. The second kappa shape index (κ2) is 8.59. The molecule has 8 heteroatoms. The van der Waals surface area contributed by atoms with Crippen LogP contribution in [0, 0.1) is 13.8 Å². The first-order valence-corrected chi connectivity index (χ1v) is 10.6. The summed E-state index contributed by atoms with van der Waals surface area (Å²) < 4.78 is 26.7. The first-order chi connectivity index (χ1) is 13.8. The Morgan fingerprint density at radius 1 is 1.17 bits per heavy atom. The van der Waals surface area contributed by atoms with Crippen LogP contribution in [0.3, 0.4) is 0 Å². The normalized spacial score (nSPS) is 15.3. The molecule has 0 saturated carbocycles. The van der Waals surface area contributed by atoms with Crippen LogP contribution in [0.15, 0.2) is 53.4 Å². The lowest BCUT2D eigenvalue weighted by molar-refractivity contribution is -0.122. The molecule has 0 spiro atoms. The molecule has 1 saturated heterocycles. The first kappa shape index (κ1) is 20.8. The molecule has 3 rings (SSSR count). The highest BCUT2D eigenvalue weighted by Crippen LogP contribution is 2.20. The molecule has 0 atom stereocenters. The standard InChI is InChI=1S/C21H23N3O4S/c1-15-6-7-17(16(2)12-15)8-9-20(25)23-18-4-3-5-19(13-18)29(27,28)24-11-10-22-21(26)14-24/h3-9,12-13H,10-11,14H2,1-2H3,(H,22,26)(H,23,25). The molecular weight excluding hydrogens is 390 g/mol. The Bertz CT molecular complexity index is 1080. The van der Waals surface area contributed by atoms with E-state index in [9.17, 15) is 18.0 Å². The molecule has 7 nitrogen and oxygen atoms in total. The second-order valence-corrected chi connectivity index (χ2v) is 8.84. The number of amides is 2. The van der Waals surface area contributed by atoms with Gasteiger partial charge >= 0.3 is 0 Å². The minimum Gasteiger partial charge on any atom is -0.354 e. The fourth-order valence-corrected chi connectivity index (χ4v) is 4.51. The predicted octanol–water partition coefficient (Wildman–Crippen LogP) is 2.08. The molecule has 1 fully saturated rings. The van der Waals surface area contributed by atoms with Crippen molar-refractivity contribution < 1.29 is 18.0 Å². The molecule has 0 unspecified atom stereocenters. The van der Waals surface area contributed by atoms with Crippen molar-refractivity contribution in [2.24, 2.45) is 0 Å². The summed E-state index contributed by atoms with van der Waals surface area (Å²) >= 11 is 0. The van der Waals surface area contributed by atoms with Crippen molar-refractivity contribution in [3.8, 4) is 0 Å². The van der Waals surface area contributed by atoms with E-state index in [-0.39, 0.29) is 36.3 Å². The third-order valence-electron chi connectivity index (χ3n) is 4.58. The van der Waals surface area contributed by atoms with E-state index in [1.807, 2.05) is 32.0 Å². The van der Waals surface area contributed by atoms with Crippen molar-refractivity contribution in [2.75, 3.05) is 25.0 Å². The van der Waals surface area contributed by atoms with Gasteiger partial charge in [0.2, 0.25) is 21.8 Å². The number of sulfonamides is 1. The Labute approximate surface area is 170 Å². The van der Waals surface area contributed by atoms with E-state index in [1.165, 1.54) is 18.2 Å². The molecular formula is C21H23N3O4S. The third kappa shape index (κ3) is 5.10. The highest BCUT2D eigenvalue weighted by Gasteiger charge is 2.29. The van der Waals surface area contributed by atoms with Crippen LogP contribution in [0.2, 0.25) is 0 Å². The second-order valence-electron chi connectivity index (χ2n) is 6.90. The number of anilines is 1. The van der Waals surface area contributed by atoms with Gasteiger partial charge in [-0.1, -0.05) is 29.8 Å². The zero-order chi connectivity index (χ0) is 21.0. The number of benzene rings is 2. The summed E-state index contributed by atoms with van der Waals surface area (Å²) in [5, 5.41) is 5.28. The first-order valence-electron chi connectivity index (χ1n) is 9.19. The Balaban J connectivity index is 1.73. The van der Waals surface area contributed by atoms with Crippen LogP contribution in [0.5, 0.6) is 0 Å². The van der Waals surface area contributed by atoms with Crippen molar-refractivity contribution in [1.29, 1.82) is 0 Å². The summed E-state index contributed by atoms with van der Waals surface area (Å²) in [5.41, 5.74) is 3.51. The summed E-state index contributed by atoms with van der Waals surface area (Å²) in [6.07, 6.45) is 3.13. The maximum absolute atomic E-state index is 12.8. The summed E-state index contributed by atoms with van der Waals surface area (Å²) in [7, 11) is -3.82. The van der Waals surface area contributed by atoms with Gasteiger partial charge in [-0.25, -0.2) is 8.42 Å². The lowest BCUT2D eigenvalue weighted by Gasteiger charge is -2.26. The topological polar surface area (TPSA) is 95.6 Å². The van der Waals surface area contributed by atoms with Crippen molar-refractivity contribution in [2.45, 2.75) is 18.7 Å². The summed E-state index contributed by atoms with van der Waals surface area (Å²) in [6, 6.07) is 12.0. The number of nitrogens with one attached hydrogen (secondary N) is 2. The predicted molar refractivity (Wildman–Crippen MR) is 112 cm³/mol. The van der Waals surface area contributed by atoms with Crippen LogP contribution in [0.1, 0.15) is 16.7 Å². The monoisotopic (exact) mass is 413 g/mol. The summed E-state index contributed by atoms with van der Waals surface area (Å²) in [5.74, 6) is -0.697. The van der Waals surface area contributed by atoms with Gasteiger partial charge in [0.05, 0.1) is 11.4 Å². The lowest BCUT2D eigenvalue weighted by Crippen LogP contribution is -2.49. The van der Waals surface area contributed by atoms with Crippen LogP contribution in [0.25, 0.3) is 6.08 Å². The molecule has 0 aliphatic carbocycles. The highest BCUT2D eigenvalue weighted by molar-refractivity contribution is 7.89. The minimum atomic E-state index is -3.82. The van der Waals surface area contributed by atoms with Crippen molar-refractivity contribution in [3.63, 3.8) is 0 Å². The zero-order valence-corrected chi connectivity index (χ0v) is 17.1. The molecule has 2 aromatic rings. The van der Waals surface area contributed by atoms with Gasteiger partial charge in [-0.3, -0.25) is 9.59 Å². The molecule has 152 valence electrons. The molecule has 2 aromatic carbocycles. The zero-order valence-electron chi connectivity index (χ0n) is 16.3. The number of nitrogens with zero attached hydrogens (tertiary/aromatic N) is 1. The third-order valence-corrected chi connectivity index (χ3v) is 6.42. The van der Waals surface area contributed by atoms with Gasteiger partial charge in [-0.15, -0.1) is 0 Å². The SMILES string of the molecule is Cc1ccc(C=CC(=O)Nc2cccc(S(=O)(=O)N3CCNC(=O)C3)c2)c(C)c1. The Morgan fingerprint density at radius 2 is 1.97 bits per heavy atom. The van der Waals surface area contributed by atoms with Gasteiger partial charge in [0.1, 0.15) is 0 Å². The Morgan fingerprint density at radius 3 is 2.69 bits per heavy atom. The number of rotatable bonds is 5. The van der Waals surface area contributed by atoms with Crippen LogP contribution in [-0.4, -0.2) is 44.2 Å². The lowest BCUT2D eigenvalue weighted by atomic mass is 10.1. The number of hydrogen-bond acceptors (Lipinski definition) is 4. The molecule has 2 N–H and O–H groups in total. The van der Waals surface area contributed by atoms with Gasteiger partial charge in [0.15, 0.2) is 0 Å². The maximum Gasteiger partial charge on any atom is 0.248 e. The van der Waals surface area contributed by atoms with E-state index < -0.39 is 10.0 Å². The van der Waals surface area contributed by atoms with Crippen LogP contribution >= 0.6 is 0 Å². The molecule has 0 radical (unpaired) electrons. The van der Waals surface area contributed by atoms with Gasteiger partial charge in [-0.2, -0.15) is 4.31 Å². The fraction of sp³-hybridized carbons (Fsp3) is 0.238. The van der Waals surface area contributed by atoms with Crippen molar-refractivity contribution >= 4 is 33.6 Å². The van der Waals surface area contributed by atoms with Gasteiger partial charge in [0, 0.05) is 24.9 Å². The minimum absolute atomic E-state index is 0.0309. The van der Waals surface area contributed by atoms with Crippen LogP contribution < -0.4 is 10.6 Å². The van der Waals surface area contributed by atoms with E-state index in [0.717, 1.165) is 21.0 Å². The molecule has 1 heterocycles. The average molecular weight is 413 g/mol. The highest BCUT2D eigenvalue weighted by atomic mass is 32.2. The van der Waals surface area contributed by atoms with Gasteiger partial charge < -0.3 is 10.6 Å². The fourth-order valence-electron chi connectivity index (χ4n) is 3.07. The number of carbonyl (C=O) groups is 2. The molecule has 1 aliphatic heterocycles. The Kier molecular flexibility index (Phi) is 6.14. The largest absolute Gasteiger partial charge is 0.354 e. The summed E-state index contributed by atoms with van der Waals surface area (Å²) in [4.78, 5) is 23.8. The van der Waals surface area contributed by atoms with Gasteiger partial charge in [0.25, 0.3) is 0 Å². The smallest absolute Gasteiger partial charge is 0.248 e. The van der Waals surface area contributed by atoms with E-state index >= 15 is 0 Å². The molecule has 1 aliphatic rings. The van der Waals surface area contributed by atoms with Crippen LogP contribution in [-0.2, 0) is 19.6 Å². The molecule has 0 bridgehead atoms. The molecule has 2 amide bonds. The van der Waals surface area contributed by atoms with Crippen molar-refractivity contribution in [3.05, 3.63) is 65.2 Å². The van der Waals surface area contributed by atoms with E-state index in [1.54, 1.807) is 18.2 Å². The number of piperazine rings is 1. The quantitative estimate of drug-likeness (QED) is 0.734. The van der Waals surface area contributed by atoms with E-state index in [2.05, 4.69) is 10.6 Å². The maximum atomic E-state index is 12.8. The van der Waals surface area contributed by atoms with Crippen LogP contribution in [0.4, 0.5) is 5.69 Å². The summed E-state index contributed by atoms with van der Waals surface area (Å²) in [6.45, 7) is 4.25. The van der Waals surface area contributed by atoms with E-state index in [4.69, 9.17) is 0 Å². The number of aryl methyl sites for hydroxylation is 2. The number of hydrogen-bond donors (Lipinski definition) is 2. The Hall–Kier alpha value is -2.97. The average Bonchev–Trinajstić information content (AvgIpc) is 2.67.